The molecule has 0 radical (unpaired) electrons. The monoisotopic (exact) mass is 406 g/mol. The molecule has 2 aromatic carbocycles. The summed E-state index contributed by atoms with van der Waals surface area (Å²) < 4.78 is 44.2. The summed E-state index contributed by atoms with van der Waals surface area (Å²) in [6.45, 7) is -0.676. The van der Waals surface area contributed by atoms with Crippen LogP contribution in [0.5, 0.6) is 5.75 Å². The number of carbonyl (C=O) groups excluding carboxylic acids is 2. The van der Waals surface area contributed by atoms with Crippen LogP contribution in [-0.4, -0.2) is 18.4 Å². The first-order valence-corrected chi connectivity index (χ1v) is 7.73. The summed E-state index contributed by atoms with van der Waals surface area (Å²) in [4.78, 5) is 23.3. The van der Waals surface area contributed by atoms with E-state index in [1.54, 1.807) is 0 Å². The van der Waals surface area contributed by atoms with E-state index >= 15 is 0 Å². The maximum atomic E-state index is 13.0. The number of rotatable bonds is 5. The van der Waals surface area contributed by atoms with Crippen LogP contribution in [0, 0.1) is 0 Å². The summed E-state index contributed by atoms with van der Waals surface area (Å²) in [5, 5.41) is 2.00. The van der Waals surface area contributed by atoms with Crippen LogP contribution < -0.4 is 15.8 Å². The van der Waals surface area contributed by atoms with Gasteiger partial charge in [-0.25, -0.2) is 0 Å². The number of nitrogens with two attached hydrogens (primary N) is 1. The highest BCUT2D eigenvalue weighted by Crippen LogP contribution is 2.38. The molecule has 0 aliphatic heterocycles. The molecule has 10 heteroatoms. The lowest BCUT2D eigenvalue weighted by atomic mass is 10.1. The van der Waals surface area contributed by atoms with Crippen molar-refractivity contribution in [3.05, 3.63) is 57.6 Å². The first kappa shape index (κ1) is 19.9. The normalized spacial score (nSPS) is 11.1. The Kier molecular flexibility index (Phi) is 5.99. The van der Waals surface area contributed by atoms with Crippen LogP contribution in [-0.2, 0) is 11.0 Å². The molecule has 0 bridgehead atoms. The second-order valence-corrected chi connectivity index (χ2v) is 5.85. The summed E-state index contributed by atoms with van der Waals surface area (Å²) in [6.07, 6.45) is -4.70. The van der Waals surface area contributed by atoms with Crippen molar-refractivity contribution in [1.29, 1.82) is 0 Å². The van der Waals surface area contributed by atoms with Crippen molar-refractivity contribution in [3.8, 4) is 5.75 Å². The number of primary amides is 1. The molecule has 2 aromatic rings. The van der Waals surface area contributed by atoms with E-state index in [0.717, 1.165) is 12.1 Å². The third-order valence-corrected chi connectivity index (χ3v) is 3.70. The van der Waals surface area contributed by atoms with Gasteiger partial charge < -0.3 is 15.8 Å². The fraction of sp³-hybridized carbons (Fsp3) is 0.125. The van der Waals surface area contributed by atoms with Gasteiger partial charge in [-0.1, -0.05) is 29.3 Å². The smallest absolute Gasteiger partial charge is 0.418 e. The predicted molar refractivity (Wildman–Crippen MR) is 90.5 cm³/mol. The van der Waals surface area contributed by atoms with Gasteiger partial charge in [0.05, 0.1) is 21.8 Å². The van der Waals surface area contributed by atoms with Crippen LogP contribution in [0.2, 0.25) is 10.0 Å². The zero-order valence-corrected chi connectivity index (χ0v) is 14.4. The van der Waals surface area contributed by atoms with E-state index in [9.17, 15) is 22.8 Å². The average molecular weight is 407 g/mol. The highest BCUT2D eigenvalue weighted by Gasteiger charge is 2.34. The molecule has 0 fully saturated rings. The highest BCUT2D eigenvalue weighted by molar-refractivity contribution is 6.34. The van der Waals surface area contributed by atoms with Gasteiger partial charge >= 0.3 is 6.18 Å². The Morgan fingerprint density at radius 1 is 1.15 bits per heavy atom. The van der Waals surface area contributed by atoms with Gasteiger partial charge in [-0.3, -0.25) is 9.59 Å². The number of alkyl halides is 3. The Morgan fingerprint density at radius 2 is 1.85 bits per heavy atom. The van der Waals surface area contributed by atoms with E-state index in [-0.39, 0.29) is 21.4 Å². The molecule has 0 spiro atoms. The van der Waals surface area contributed by atoms with Crippen molar-refractivity contribution in [2.45, 2.75) is 6.18 Å². The summed E-state index contributed by atoms with van der Waals surface area (Å²) in [5.41, 5.74) is 3.43. The maximum absolute atomic E-state index is 13.0. The molecule has 5 nitrogen and oxygen atoms in total. The van der Waals surface area contributed by atoms with Gasteiger partial charge in [0.15, 0.2) is 6.61 Å². The number of amides is 2. The lowest BCUT2D eigenvalue weighted by Crippen LogP contribution is -2.23. The molecular formula is C16H11Cl2F3N2O3. The minimum absolute atomic E-state index is 0.0350. The van der Waals surface area contributed by atoms with E-state index in [4.69, 9.17) is 33.7 Å². The van der Waals surface area contributed by atoms with Crippen LogP contribution in [0.1, 0.15) is 15.9 Å². The van der Waals surface area contributed by atoms with Gasteiger partial charge in [0.1, 0.15) is 5.75 Å². The number of nitrogens with one attached hydrogen (secondary N) is 1. The van der Waals surface area contributed by atoms with Gasteiger partial charge in [-0.2, -0.15) is 13.2 Å². The van der Waals surface area contributed by atoms with Gasteiger partial charge in [-0.05, 0) is 30.3 Å². The number of para-hydroxylation sites is 1. The van der Waals surface area contributed by atoms with Gasteiger partial charge in [0.25, 0.3) is 11.8 Å². The first-order chi connectivity index (χ1) is 12.1. The Bertz CT molecular complexity index is 857. The number of hydrogen-bond donors (Lipinski definition) is 2. The Morgan fingerprint density at radius 3 is 2.46 bits per heavy atom. The fourth-order valence-electron chi connectivity index (χ4n) is 2.03. The number of hydrogen-bond acceptors (Lipinski definition) is 3. The third-order valence-electron chi connectivity index (χ3n) is 3.15. The van der Waals surface area contributed by atoms with Crippen LogP contribution >= 0.6 is 23.2 Å². The van der Waals surface area contributed by atoms with E-state index in [0.29, 0.717) is 0 Å². The van der Waals surface area contributed by atoms with Gasteiger partial charge in [0.2, 0.25) is 0 Å². The van der Waals surface area contributed by atoms with Crippen LogP contribution in [0.25, 0.3) is 0 Å². The average Bonchev–Trinajstić information content (AvgIpc) is 2.54. The number of anilines is 1. The molecule has 0 heterocycles. The molecule has 26 heavy (non-hydrogen) atoms. The third kappa shape index (κ3) is 4.80. The zero-order valence-electron chi connectivity index (χ0n) is 12.9. The number of carbonyl (C=O) groups is 2. The second kappa shape index (κ2) is 7.84. The first-order valence-electron chi connectivity index (χ1n) is 6.97. The summed E-state index contributed by atoms with van der Waals surface area (Å²) in [6, 6.07) is 7.06. The Labute approximate surface area is 155 Å². The molecule has 0 saturated carbocycles. The lowest BCUT2D eigenvalue weighted by molar-refractivity contribution is -0.137. The van der Waals surface area contributed by atoms with E-state index < -0.39 is 35.8 Å². The molecule has 0 atom stereocenters. The lowest BCUT2D eigenvalue weighted by Gasteiger charge is -2.15. The molecule has 138 valence electrons. The van der Waals surface area contributed by atoms with E-state index in [2.05, 4.69) is 5.32 Å². The Hall–Kier alpha value is -2.45. The molecule has 0 aliphatic rings. The molecule has 0 unspecified atom stereocenters. The van der Waals surface area contributed by atoms with Crippen molar-refractivity contribution in [2.24, 2.45) is 5.73 Å². The standard InChI is InChI=1S/C16H11Cl2F3N2O3/c17-8-4-5-12(9(6-8)15(22)25)26-7-13(24)23-14-10(16(19,20)21)2-1-3-11(14)18/h1-6H,7H2,(H2,22,25)(H,23,24). The summed E-state index contributed by atoms with van der Waals surface area (Å²) >= 11 is 11.5. The molecule has 0 saturated heterocycles. The molecule has 2 amide bonds. The fourth-order valence-corrected chi connectivity index (χ4v) is 2.42. The topological polar surface area (TPSA) is 81.4 Å². The molecule has 2 rings (SSSR count). The molecular weight excluding hydrogens is 396 g/mol. The van der Waals surface area contributed by atoms with E-state index in [1.807, 2.05) is 0 Å². The van der Waals surface area contributed by atoms with Crippen molar-refractivity contribution < 1.29 is 27.5 Å². The van der Waals surface area contributed by atoms with Crippen LogP contribution in [0.15, 0.2) is 36.4 Å². The van der Waals surface area contributed by atoms with Crippen molar-refractivity contribution in [3.63, 3.8) is 0 Å². The largest absolute Gasteiger partial charge is 0.483 e. The number of ether oxygens (including phenoxy) is 1. The number of halogens is 5. The maximum Gasteiger partial charge on any atom is 0.418 e. The quantitative estimate of drug-likeness (QED) is 0.782. The summed E-state index contributed by atoms with van der Waals surface area (Å²) in [7, 11) is 0. The summed E-state index contributed by atoms with van der Waals surface area (Å²) in [5.74, 6) is -1.78. The van der Waals surface area contributed by atoms with Crippen molar-refractivity contribution >= 4 is 40.7 Å². The van der Waals surface area contributed by atoms with Crippen LogP contribution in [0.4, 0.5) is 18.9 Å². The van der Waals surface area contributed by atoms with Crippen LogP contribution in [0.3, 0.4) is 0 Å². The SMILES string of the molecule is NC(=O)c1cc(Cl)ccc1OCC(=O)Nc1c(Cl)cccc1C(F)(F)F. The van der Waals surface area contributed by atoms with E-state index in [1.165, 1.54) is 24.3 Å². The molecule has 3 N–H and O–H groups in total. The number of benzene rings is 2. The molecule has 0 aliphatic carbocycles. The van der Waals surface area contributed by atoms with Gasteiger partial charge in [0, 0.05) is 5.02 Å². The Balaban J connectivity index is 2.16. The predicted octanol–water partition coefficient (Wildman–Crippen LogP) is 4.13. The zero-order chi connectivity index (χ0) is 19.5. The minimum atomic E-state index is -4.70. The second-order valence-electron chi connectivity index (χ2n) is 5.00. The van der Waals surface area contributed by atoms with Crippen molar-refractivity contribution in [2.75, 3.05) is 11.9 Å². The highest BCUT2D eigenvalue weighted by atomic mass is 35.5. The minimum Gasteiger partial charge on any atom is -0.483 e. The van der Waals surface area contributed by atoms with Crippen molar-refractivity contribution in [1.82, 2.24) is 0 Å². The molecule has 0 aromatic heterocycles. The van der Waals surface area contributed by atoms with Gasteiger partial charge in [-0.15, -0.1) is 0 Å².